The van der Waals surface area contributed by atoms with E-state index in [4.69, 9.17) is 0 Å². The molecule has 0 spiro atoms. The third kappa shape index (κ3) is 7.32. The van der Waals surface area contributed by atoms with Gasteiger partial charge in [0.25, 0.3) is 0 Å². The smallest absolute Gasteiger partial charge is 0.196 e. The van der Waals surface area contributed by atoms with Crippen LogP contribution in [0.2, 0.25) is 0 Å². The predicted molar refractivity (Wildman–Crippen MR) is 129 cm³/mol. The molecule has 0 atom stereocenters. The van der Waals surface area contributed by atoms with Crippen LogP contribution in [-0.4, -0.2) is 13.3 Å². The Labute approximate surface area is 189 Å². The van der Waals surface area contributed by atoms with Gasteiger partial charge in [-0.25, -0.2) is 0 Å². The Kier molecular flexibility index (Phi) is 12.5. The first-order chi connectivity index (χ1) is 12.7. The Bertz CT molecular complexity index is 777. The van der Waals surface area contributed by atoms with Crippen LogP contribution in [-0.2, 0) is 21.7 Å². The molecular formula is C26H35PTi. The van der Waals surface area contributed by atoms with E-state index in [1.807, 2.05) is 19.1 Å². The summed E-state index contributed by atoms with van der Waals surface area (Å²) in [5, 5.41) is 4.26. The Morgan fingerprint density at radius 3 is 1.86 bits per heavy atom. The van der Waals surface area contributed by atoms with Crippen molar-refractivity contribution in [2.45, 2.75) is 41.5 Å². The third-order valence-electron chi connectivity index (χ3n) is 5.26. The summed E-state index contributed by atoms with van der Waals surface area (Å²) >= 11 is 0. The largest absolute Gasteiger partial charge is 2.00 e. The first kappa shape index (κ1) is 26.8. The van der Waals surface area contributed by atoms with Crippen LogP contribution in [0.15, 0.2) is 61.2 Å². The molecule has 0 nitrogen and oxygen atoms in total. The molecule has 0 radical (unpaired) electrons. The summed E-state index contributed by atoms with van der Waals surface area (Å²) in [6, 6.07) is 13.2. The zero-order valence-electron chi connectivity index (χ0n) is 18.9. The van der Waals surface area contributed by atoms with Crippen molar-refractivity contribution in [1.82, 2.24) is 0 Å². The number of rotatable bonds is 2. The summed E-state index contributed by atoms with van der Waals surface area (Å²) in [5.74, 6) is 0. The first-order valence-corrected chi connectivity index (χ1v) is 11.7. The van der Waals surface area contributed by atoms with E-state index in [-0.39, 0.29) is 29.6 Å². The van der Waals surface area contributed by atoms with E-state index in [1.165, 1.54) is 43.9 Å². The molecule has 0 aliphatic carbocycles. The fourth-order valence-electron chi connectivity index (χ4n) is 2.93. The van der Waals surface area contributed by atoms with E-state index in [0.717, 1.165) is 0 Å². The molecule has 0 aliphatic heterocycles. The normalized spacial score (nSPS) is 10.2. The molecule has 3 aromatic rings. The first-order valence-electron chi connectivity index (χ1n) is 9.50. The molecule has 0 amide bonds. The second-order valence-corrected chi connectivity index (χ2v) is 9.43. The molecule has 0 aromatic heterocycles. The number of hydrogen-bond acceptors (Lipinski definition) is 0. The van der Waals surface area contributed by atoms with Crippen LogP contribution in [0, 0.1) is 34.6 Å². The van der Waals surface area contributed by atoms with Crippen LogP contribution < -0.4 is 5.30 Å². The molecule has 28 heavy (non-hydrogen) atoms. The zero-order valence-corrected chi connectivity index (χ0v) is 21.3. The van der Waals surface area contributed by atoms with Gasteiger partial charge in [-0.1, -0.05) is 65.5 Å². The molecule has 3 aromatic carbocycles. The summed E-state index contributed by atoms with van der Waals surface area (Å²) < 4.78 is 0. The molecule has 3 rings (SSSR count). The van der Waals surface area contributed by atoms with Gasteiger partial charge in [-0.15, -0.1) is 48.3 Å². The predicted octanol–water partition coefficient (Wildman–Crippen LogP) is 7.62. The van der Waals surface area contributed by atoms with E-state index in [9.17, 15) is 0 Å². The van der Waals surface area contributed by atoms with Crippen molar-refractivity contribution >= 4 is 24.0 Å². The Hall–Kier alpha value is -1.20. The molecule has 0 fully saturated rings. The number of fused-ring (bicyclic) bond motifs is 1. The van der Waals surface area contributed by atoms with Crippen molar-refractivity contribution in [3.8, 4) is 0 Å². The number of hydrogen-bond donors (Lipinski definition) is 0. The Morgan fingerprint density at radius 2 is 1.54 bits per heavy atom. The van der Waals surface area contributed by atoms with Gasteiger partial charge in [0, 0.05) is 0 Å². The van der Waals surface area contributed by atoms with Gasteiger partial charge in [-0.3, -0.25) is 0 Å². The Balaban J connectivity index is 0.000000416. The van der Waals surface area contributed by atoms with Crippen molar-refractivity contribution < 1.29 is 21.7 Å². The minimum Gasteiger partial charge on any atom is -0.196 e. The van der Waals surface area contributed by atoms with E-state index < -0.39 is 0 Å². The standard InChI is InChI=1S/C11H12P.C10H15.C5H8.Ti/c1-12(2)11-7-9-5-3-4-6-10(9)8-11;1-6-7(2)9(4)10(5)8(6)3;1-3-5-4-2;/h3-8H,1-2H3;1-5H3;3-5H,1H2,2H3;/q2*-1;;+2. The van der Waals surface area contributed by atoms with E-state index in [2.05, 4.69) is 90.9 Å². The van der Waals surface area contributed by atoms with Crippen molar-refractivity contribution in [3.63, 3.8) is 0 Å². The van der Waals surface area contributed by atoms with Gasteiger partial charge in [0.15, 0.2) is 0 Å². The molecule has 2 heteroatoms. The minimum atomic E-state index is 0. The van der Waals surface area contributed by atoms with Gasteiger partial charge in [0.1, 0.15) is 0 Å². The van der Waals surface area contributed by atoms with E-state index in [1.54, 1.807) is 6.08 Å². The van der Waals surface area contributed by atoms with Gasteiger partial charge in [-0.2, -0.15) is 33.9 Å². The average molecular weight is 426 g/mol. The van der Waals surface area contributed by atoms with Crippen LogP contribution in [0.5, 0.6) is 0 Å². The van der Waals surface area contributed by atoms with Gasteiger partial charge in [0.05, 0.1) is 0 Å². The average Bonchev–Trinajstić information content (AvgIpc) is 3.17. The topological polar surface area (TPSA) is 0 Å². The summed E-state index contributed by atoms with van der Waals surface area (Å²) in [5.41, 5.74) is 7.34. The quantitative estimate of drug-likeness (QED) is 0.171. The molecular weight excluding hydrogens is 391 g/mol. The van der Waals surface area contributed by atoms with Crippen LogP contribution in [0.1, 0.15) is 34.7 Å². The van der Waals surface area contributed by atoms with Crippen LogP contribution >= 0.6 is 7.92 Å². The van der Waals surface area contributed by atoms with Crippen LogP contribution in [0.3, 0.4) is 0 Å². The summed E-state index contributed by atoms with van der Waals surface area (Å²) in [7, 11) is 0.0576. The molecule has 0 N–H and O–H groups in total. The number of allylic oxidation sites excluding steroid dienone is 3. The Morgan fingerprint density at radius 1 is 1.00 bits per heavy atom. The minimum absolute atomic E-state index is 0. The summed E-state index contributed by atoms with van der Waals surface area (Å²) in [4.78, 5) is 0. The fourth-order valence-corrected chi connectivity index (χ4v) is 3.73. The monoisotopic (exact) mass is 426 g/mol. The van der Waals surface area contributed by atoms with Crippen molar-refractivity contribution in [3.05, 3.63) is 89.0 Å². The molecule has 0 heterocycles. The van der Waals surface area contributed by atoms with Crippen LogP contribution in [0.25, 0.3) is 10.8 Å². The van der Waals surface area contributed by atoms with Crippen molar-refractivity contribution in [1.29, 1.82) is 0 Å². The summed E-state index contributed by atoms with van der Waals surface area (Å²) in [6.07, 6.45) is 5.58. The van der Waals surface area contributed by atoms with Crippen LogP contribution in [0.4, 0.5) is 0 Å². The van der Waals surface area contributed by atoms with Crippen molar-refractivity contribution in [2.75, 3.05) is 13.3 Å². The third-order valence-corrected chi connectivity index (χ3v) is 6.55. The molecule has 0 unspecified atom stereocenters. The summed E-state index contributed by atoms with van der Waals surface area (Å²) in [6.45, 7) is 21.0. The van der Waals surface area contributed by atoms with E-state index >= 15 is 0 Å². The second-order valence-electron chi connectivity index (χ2n) is 7.12. The van der Waals surface area contributed by atoms with Crippen molar-refractivity contribution in [2.24, 2.45) is 0 Å². The maximum absolute atomic E-state index is 3.46. The molecule has 0 saturated carbocycles. The van der Waals surface area contributed by atoms with Gasteiger partial charge in [-0.05, 0) is 20.3 Å². The van der Waals surface area contributed by atoms with E-state index in [0.29, 0.717) is 0 Å². The molecule has 0 aliphatic rings. The van der Waals surface area contributed by atoms with Gasteiger partial charge in [0.2, 0.25) is 0 Å². The molecule has 148 valence electrons. The molecule has 0 saturated heterocycles. The zero-order chi connectivity index (χ0) is 20.6. The second kappa shape index (κ2) is 13.1. The fraction of sp³-hybridized carbons (Fsp3) is 0.308. The SMILES string of the molecule is C=CC=CC.CP(C)c1cc2ccccc2[cH-]1.Cc1c(C)c(C)[c-](C)c1C.[Ti+2]. The molecule has 0 bridgehead atoms. The van der Waals surface area contributed by atoms with Gasteiger partial charge < -0.3 is 0 Å². The maximum Gasteiger partial charge on any atom is 2.00 e. The maximum atomic E-state index is 3.46. The number of benzene rings is 1. The van der Waals surface area contributed by atoms with Gasteiger partial charge >= 0.3 is 21.7 Å².